The Labute approximate surface area is 165 Å². The summed E-state index contributed by atoms with van der Waals surface area (Å²) in [6.07, 6.45) is 0. The molecule has 0 radical (unpaired) electrons. The summed E-state index contributed by atoms with van der Waals surface area (Å²) in [7, 11) is 4.50. The normalized spacial score (nSPS) is 10.1. The number of anilines is 1. The molecule has 7 nitrogen and oxygen atoms in total. The van der Waals surface area contributed by atoms with Gasteiger partial charge in [0.05, 0.1) is 37.1 Å². The summed E-state index contributed by atoms with van der Waals surface area (Å²) in [4.78, 5) is 24.1. The second-order valence-corrected chi connectivity index (χ2v) is 6.33. The van der Waals surface area contributed by atoms with E-state index in [4.69, 9.17) is 18.9 Å². The fraction of sp³-hybridized carbons (Fsp3) is 0.263. The molecule has 0 aliphatic carbocycles. The molecule has 0 saturated carbocycles. The molecule has 0 bridgehead atoms. The average molecular weight is 438 g/mol. The Balaban J connectivity index is 2.25. The second kappa shape index (κ2) is 9.27. The van der Waals surface area contributed by atoms with Gasteiger partial charge in [0.25, 0.3) is 0 Å². The highest BCUT2D eigenvalue weighted by atomic mass is 79.9. The van der Waals surface area contributed by atoms with E-state index in [1.165, 1.54) is 33.3 Å². The van der Waals surface area contributed by atoms with Crippen LogP contribution in [0.25, 0.3) is 0 Å². The minimum absolute atomic E-state index is 0.0509. The van der Waals surface area contributed by atoms with Gasteiger partial charge >= 0.3 is 5.97 Å². The Morgan fingerprint density at radius 2 is 1.59 bits per heavy atom. The summed E-state index contributed by atoms with van der Waals surface area (Å²) in [6.45, 7) is 1.40. The van der Waals surface area contributed by atoms with Crippen LogP contribution in [0.1, 0.15) is 22.8 Å². The Bertz CT molecular complexity index is 852. The number of esters is 1. The number of nitrogens with one attached hydrogen (secondary N) is 1. The van der Waals surface area contributed by atoms with Crippen LogP contribution in [-0.4, -0.2) is 33.2 Å². The SMILES string of the molecule is COc1ccc(COC(=O)c2cc(OC)c(OC)cc2NC(C)=O)cc1Br. The summed E-state index contributed by atoms with van der Waals surface area (Å²) in [6, 6.07) is 8.35. The van der Waals surface area contributed by atoms with Gasteiger partial charge in [-0.1, -0.05) is 6.07 Å². The number of rotatable bonds is 7. The molecule has 27 heavy (non-hydrogen) atoms. The van der Waals surface area contributed by atoms with Crippen LogP contribution in [-0.2, 0) is 16.1 Å². The predicted octanol–water partition coefficient (Wildman–Crippen LogP) is 3.79. The average Bonchev–Trinajstić information content (AvgIpc) is 2.65. The Kier molecular flexibility index (Phi) is 7.06. The molecule has 144 valence electrons. The fourth-order valence-corrected chi connectivity index (χ4v) is 2.96. The van der Waals surface area contributed by atoms with Crippen molar-refractivity contribution in [2.75, 3.05) is 26.6 Å². The van der Waals surface area contributed by atoms with E-state index in [1.54, 1.807) is 25.3 Å². The Hall–Kier alpha value is -2.74. The van der Waals surface area contributed by atoms with Crippen molar-refractivity contribution < 1.29 is 28.5 Å². The third-order valence-corrected chi connectivity index (χ3v) is 4.26. The Morgan fingerprint density at radius 3 is 2.15 bits per heavy atom. The van der Waals surface area contributed by atoms with Crippen molar-refractivity contribution in [3.05, 3.63) is 45.9 Å². The van der Waals surface area contributed by atoms with Gasteiger partial charge in [-0.25, -0.2) is 4.79 Å². The number of hydrogen-bond acceptors (Lipinski definition) is 6. The van der Waals surface area contributed by atoms with Crippen LogP contribution in [0.3, 0.4) is 0 Å². The summed E-state index contributed by atoms with van der Waals surface area (Å²) in [5, 5.41) is 2.60. The molecule has 8 heteroatoms. The molecule has 1 N–H and O–H groups in total. The number of halogens is 1. The monoisotopic (exact) mass is 437 g/mol. The fourth-order valence-electron chi connectivity index (χ4n) is 2.37. The molecule has 2 aromatic rings. The minimum atomic E-state index is -0.605. The van der Waals surface area contributed by atoms with Gasteiger partial charge in [0.1, 0.15) is 12.4 Å². The molecule has 0 aliphatic rings. The van der Waals surface area contributed by atoms with Gasteiger partial charge in [-0.15, -0.1) is 0 Å². The molecule has 2 aromatic carbocycles. The molecule has 0 fully saturated rings. The summed E-state index contributed by atoms with van der Waals surface area (Å²) >= 11 is 3.39. The summed E-state index contributed by atoms with van der Waals surface area (Å²) in [5.74, 6) is 0.488. The molecule has 0 unspecified atom stereocenters. The zero-order valence-corrected chi connectivity index (χ0v) is 17.0. The van der Waals surface area contributed by atoms with Crippen molar-refractivity contribution in [3.8, 4) is 17.2 Å². The quantitative estimate of drug-likeness (QED) is 0.663. The number of hydrogen-bond donors (Lipinski definition) is 1. The third-order valence-electron chi connectivity index (χ3n) is 3.64. The summed E-state index contributed by atoms with van der Waals surface area (Å²) < 4.78 is 21.8. The molecule has 1 amide bonds. The Morgan fingerprint density at radius 1 is 0.963 bits per heavy atom. The van der Waals surface area contributed by atoms with Gasteiger partial charge in [-0.2, -0.15) is 0 Å². The first-order valence-corrected chi connectivity index (χ1v) is 8.72. The maximum atomic E-state index is 12.6. The van der Waals surface area contributed by atoms with E-state index in [9.17, 15) is 9.59 Å². The van der Waals surface area contributed by atoms with Gasteiger partial charge in [0.2, 0.25) is 5.91 Å². The van der Waals surface area contributed by atoms with Crippen molar-refractivity contribution >= 4 is 33.5 Å². The highest BCUT2D eigenvalue weighted by Gasteiger charge is 2.19. The maximum Gasteiger partial charge on any atom is 0.340 e. The van der Waals surface area contributed by atoms with Crippen molar-refractivity contribution in [1.29, 1.82) is 0 Å². The second-order valence-electron chi connectivity index (χ2n) is 5.48. The molecule has 2 rings (SSSR count). The lowest BCUT2D eigenvalue weighted by Gasteiger charge is -2.15. The van der Waals surface area contributed by atoms with Crippen LogP contribution in [0, 0.1) is 0 Å². The molecule has 0 aliphatic heterocycles. The highest BCUT2D eigenvalue weighted by molar-refractivity contribution is 9.10. The van der Waals surface area contributed by atoms with Gasteiger partial charge in [-0.3, -0.25) is 4.79 Å². The van der Waals surface area contributed by atoms with Gasteiger partial charge in [-0.05, 0) is 33.6 Å². The van der Waals surface area contributed by atoms with E-state index in [0.29, 0.717) is 17.2 Å². The van der Waals surface area contributed by atoms with Crippen molar-refractivity contribution in [2.45, 2.75) is 13.5 Å². The van der Waals surface area contributed by atoms with Gasteiger partial charge in [0, 0.05) is 19.1 Å². The molecule has 0 saturated heterocycles. The predicted molar refractivity (Wildman–Crippen MR) is 104 cm³/mol. The van der Waals surface area contributed by atoms with E-state index in [-0.39, 0.29) is 23.8 Å². The third kappa shape index (κ3) is 5.13. The van der Waals surface area contributed by atoms with E-state index in [1.807, 2.05) is 0 Å². The van der Waals surface area contributed by atoms with E-state index < -0.39 is 5.97 Å². The van der Waals surface area contributed by atoms with Crippen LogP contribution in [0.2, 0.25) is 0 Å². The molecule has 0 heterocycles. The summed E-state index contributed by atoms with van der Waals surface area (Å²) in [5.41, 5.74) is 1.22. The van der Waals surface area contributed by atoms with E-state index >= 15 is 0 Å². The lowest BCUT2D eigenvalue weighted by Crippen LogP contribution is -2.13. The number of benzene rings is 2. The first-order valence-electron chi connectivity index (χ1n) is 7.92. The first kappa shape index (κ1) is 20.6. The lowest BCUT2D eigenvalue weighted by atomic mass is 10.1. The van der Waals surface area contributed by atoms with Crippen molar-refractivity contribution in [2.24, 2.45) is 0 Å². The zero-order chi connectivity index (χ0) is 20.0. The maximum absolute atomic E-state index is 12.6. The molecular weight excluding hydrogens is 418 g/mol. The molecule has 0 aromatic heterocycles. The van der Waals surface area contributed by atoms with Crippen molar-refractivity contribution in [3.63, 3.8) is 0 Å². The lowest BCUT2D eigenvalue weighted by molar-refractivity contribution is -0.114. The van der Waals surface area contributed by atoms with Crippen molar-refractivity contribution in [1.82, 2.24) is 0 Å². The first-order chi connectivity index (χ1) is 12.9. The van der Waals surface area contributed by atoms with Gasteiger partial charge < -0.3 is 24.3 Å². The number of ether oxygens (including phenoxy) is 4. The van der Waals surface area contributed by atoms with E-state index in [0.717, 1.165) is 10.0 Å². The highest BCUT2D eigenvalue weighted by Crippen LogP contribution is 2.34. The zero-order valence-electron chi connectivity index (χ0n) is 15.4. The van der Waals surface area contributed by atoms with Crippen LogP contribution in [0.4, 0.5) is 5.69 Å². The van der Waals surface area contributed by atoms with E-state index in [2.05, 4.69) is 21.2 Å². The number of carbonyl (C=O) groups is 2. The minimum Gasteiger partial charge on any atom is -0.496 e. The number of carbonyl (C=O) groups excluding carboxylic acids is 2. The molecule has 0 atom stereocenters. The largest absolute Gasteiger partial charge is 0.496 e. The van der Waals surface area contributed by atoms with Crippen LogP contribution < -0.4 is 19.5 Å². The number of methoxy groups -OCH3 is 3. The molecule has 0 spiro atoms. The molecular formula is C19H20BrNO6. The topological polar surface area (TPSA) is 83.1 Å². The smallest absolute Gasteiger partial charge is 0.340 e. The van der Waals surface area contributed by atoms with Crippen LogP contribution in [0.15, 0.2) is 34.8 Å². The van der Waals surface area contributed by atoms with Crippen LogP contribution in [0.5, 0.6) is 17.2 Å². The standard InChI is InChI=1S/C19H20BrNO6/c1-11(22)21-15-9-18(26-4)17(25-3)8-13(15)19(23)27-10-12-5-6-16(24-2)14(20)7-12/h5-9H,10H2,1-4H3,(H,21,22). The van der Waals surface area contributed by atoms with Gasteiger partial charge in [0.15, 0.2) is 11.5 Å². The van der Waals surface area contributed by atoms with Crippen LogP contribution >= 0.6 is 15.9 Å². The number of amides is 1.